The number of furan rings is 1. The van der Waals surface area contributed by atoms with E-state index < -0.39 is 0 Å². The molecule has 0 unspecified atom stereocenters. The molecule has 0 bridgehead atoms. The summed E-state index contributed by atoms with van der Waals surface area (Å²) < 4.78 is 6.50. The number of benzene rings is 6. The molecule has 0 fully saturated rings. The van der Waals surface area contributed by atoms with Gasteiger partial charge in [0.25, 0.3) is 0 Å². The van der Waals surface area contributed by atoms with E-state index in [9.17, 15) is 0 Å². The van der Waals surface area contributed by atoms with E-state index in [1.807, 2.05) is 42.5 Å². The SMILES string of the molecule is C1=CC(c2cccc(-c3nc(-c4ccccc4)nc(-c4ccc5c(c4)oc4cc(-c6ccc(-c7ccccc7)cc6)ccc45)n3)c2)=CCC1. The first-order valence-corrected chi connectivity index (χ1v) is 16.7. The summed E-state index contributed by atoms with van der Waals surface area (Å²) >= 11 is 0. The molecule has 0 aliphatic heterocycles. The first-order chi connectivity index (χ1) is 24.2. The molecule has 8 aromatic rings. The quantitative estimate of drug-likeness (QED) is 0.184. The molecule has 0 radical (unpaired) electrons. The van der Waals surface area contributed by atoms with Crippen LogP contribution in [0.4, 0.5) is 0 Å². The van der Waals surface area contributed by atoms with Gasteiger partial charge in [-0.1, -0.05) is 133 Å². The van der Waals surface area contributed by atoms with Crippen molar-refractivity contribution < 1.29 is 4.42 Å². The van der Waals surface area contributed by atoms with E-state index in [0.717, 1.165) is 68.2 Å². The maximum atomic E-state index is 6.50. The molecule has 1 aliphatic rings. The van der Waals surface area contributed by atoms with Crippen LogP contribution in [0.3, 0.4) is 0 Å². The highest BCUT2D eigenvalue weighted by atomic mass is 16.3. The predicted molar refractivity (Wildman–Crippen MR) is 201 cm³/mol. The third-order valence-electron chi connectivity index (χ3n) is 9.17. The number of rotatable bonds is 6. The topological polar surface area (TPSA) is 51.8 Å². The Hall–Kier alpha value is -6.39. The molecule has 232 valence electrons. The molecule has 9 rings (SSSR count). The van der Waals surface area contributed by atoms with Crippen molar-refractivity contribution in [2.75, 3.05) is 0 Å². The van der Waals surface area contributed by atoms with Gasteiger partial charge in [-0.3, -0.25) is 0 Å². The van der Waals surface area contributed by atoms with E-state index in [1.165, 1.54) is 16.7 Å². The summed E-state index contributed by atoms with van der Waals surface area (Å²) in [6.45, 7) is 0. The molecule has 0 amide bonds. The van der Waals surface area contributed by atoms with Crippen LogP contribution in [-0.2, 0) is 0 Å². The van der Waals surface area contributed by atoms with Crippen LogP contribution in [-0.4, -0.2) is 15.0 Å². The number of hydrogen-bond donors (Lipinski definition) is 0. The van der Waals surface area contributed by atoms with Crippen molar-refractivity contribution in [1.82, 2.24) is 15.0 Å². The van der Waals surface area contributed by atoms with Gasteiger partial charge in [-0.25, -0.2) is 15.0 Å². The monoisotopic (exact) mass is 629 g/mol. The van der Waals surface area contributed by atoms with Crippen LogP contribution in [0.25, 0.3) is 83.9 Å². The highest BCUT2D eigenvalue weighted by Gasteiger charge is 2.16. The lowest BCUT2D eigenvalue weighted by Gasteiger charge is -2.11. The van der Waals surface area contributed by atoms with E-state index in [2.05, 4.69) is 121 Å². The summed E-state index contributed by atoms with van der Waals surface area (Å²) in [6, 6.07) is 50.4. The Morgan fingerprint density at radius 1 is 0.388 bits per heavy atom. The van der Waals surface area contributed by atoms with Gasteiger partial charge in [-0.15, -0.1) is 0 Å². The highest BCUT2D eigenvalue weighted by molar-refractivity contribution is 6.06. The Labute approximate surface area is 284 Å². The molecule has 1 aliphatic carbocycles. The number of allylic oxidation sites excluding steroid dienone is 4. The van der Waals surface area contributed by atoms with Crippen LogP contribution in [0.5, 0.6) is 0 Å². The Morgan fingerprint density at radius 2 is 0.878 bits per heavy atom. The van der Waals surface area contributed by atoms with Gasteiger partial charge in [0, 0.05) is 27.5 Å². The molecule has 2 heterocycles. The van der Waals surface area contributed by atoms with Crippen LogP contribution in [0, 0.1) is 0 Å². The van der Waals surface area contributed by atoms with Crippen molar-refractivity contribution in [2.24, 2.45) is 0 Å². The van der Waals surface area contributed by atoms with E-state index in [4.69, 9.17) is 19.4 Å². The average molecular weight is 630 g/mol. The van der Waals surface area contributed by atoms with Gasteiger partial charge in [-0.2, -0.15) is 0 Å². The Bertz CT molecular complexity index is 2530. The van der Waals surface area contributed by atoms with E-state index in [0.29, 0.717) is 17.5 Å². The second-order valence-corrected chi connectivity index (χ2v) is 12.4. The molecule has 6 aromatic carbocycles. The normalized spacial score (nSPS) is 12.8. The summed E-state index contributed by atoms with van der Waals surface area (Å²) in [4.78, 5) is 15.0. The number of nitrogens with zero attached hydrogens (tertiary/aromatic N) is 3. The highest BCUT2D eigenvalue weighted by Crippen LogP contribution is 2.35. The molecule has 4 nitrogen and oxygen atoms in total. The first-order valence-electron chi connectivity index (χ1n) is 16.7. The minimum absolute atomic E-state index is 0.604. The molecular weight excluding hydrogens is 599 g/mol. The fourth-order valence-electron chi connectivity index (χ4n) is 6.60. The van der Waals surface area contributed by atoms with Gasteiger partial charge in [0.15, 0.2) is 17.5 Å². The average Bonchev–Trinajstić information content (AvgIpc) is 3.56. The number of hydrogen-bond acceptors (Lipinski definition) is 4. The van der Waals surface area contributed by atoms with Crippen molar-refractivity contribution >= 4 is 27.5 Å². The fraction of sp³-hybridized carbons (Fsp3) is 0.0444. The smallest absolute Gasteiger partial charge is 0.164 e. The summed E-state index contributed by atoms with van der Waals surface area (Å²) in [6.07, 6.45) is 8.86. The summed E-state index contributed by atoms with van der Waals surface area (Å²) in [5.74, 6) is 1.88. The molecule has 2 aromatic heterocycles. The Kier molecular flexibility index (Phi) is 7.25. The lowest BCUT2D eigenvalue weighted by atomic mass is 9.98. The van der Waals surface area contributed by atoms with E-state index in [1.54, 1.807) is 0 Å². The van der Waals surface area contributed by atoms with Gasteiger partial charge in [0.1, 0.15) is 11.2 Å². The lowest BCUT2D eigenvalue weighted by molar-refractivity contribution is 0.669. The third-order valence-corrected chi connectivity index (χ3v) is 9.17. The van der Waals surface area contributed by atoms with Crippen molar-refractivity contribution in [2.45, 2.75) is 12.8 Å². The molecule has 0 atom stereocenters. The zero-order chi connectivity index (χ0) is 32.6. The van der Waals surface area contributed by atoms with Crippen LogP contribution >= 0.6 is 0 Å². The largest absolute Gasteiger partial charge is 0.456 e. The zero-order valence-corrected chi connectivity index (χ0v) is 26.8. The van der Waals surface area contributed by atoms with Gasteiger partial charge in [0.05, 0.1) is 0 Å². The van der Waals surface area contributed by atoms with Gasteiger partial charge >= 0.3 is 0 Å². The summed E-state index contributed by atoms with van der Waals surface area (Å²) in [5.41, 5.74) is 11.5. The van der Waals surface area contributed by atoms with E-state index >= 15 is 0 Å². The minimum Gasteiger partial charge on any atom is -0.456 e. The maximum Gasteiger partial charge on any atom is 0.164 e. The lowest BCUT2D eigenvalue weighted by Crippen LogP contribution is -2.00. The standard InChI is InChI=1S/C45H31N3O/c1-4-11-30(12-5-1)32-19-21-33(22-20-32)36-23-25-39-40-26-24-38(29-42(40)49-41(39)28-36)45-47-43(34-15-8-3-9-16-34)46-44(48-45)37-18-10-17-35(27-37)31-13-6-2-7-14-31/h1,3-6,8-29H,2,7H2. The van der Waals surface area contributed by atoms with Gasteiger partial charge < -0.3 is 4.42 Å². The van der Waals surface area contributed by atoms with Crippen molar-refractivity contribution in [3.63, 3.8) is 0 Å². The van der Waals surface area contributed by atoms with Gasteiger partial charge in [0.2, 0.25) is 0 Å². The molecule has 0 N–H and O–H groups in total. The molecular formula is C45H31N3O. The molecule has 0 saturated heterocycles. The second kappa shape index (κ2) is 12.3. The van der Waals surface area contributed by atoms with Crippen LogP contribution < -0.4 is 0 Å². The molecule has 0 saturated carbocycles. The number of aromatic nitrogens is 3. The van der Waals surface area contributed by atoms with Gasteiger partial charge in [-0.05, 0) is 76.6 Å². The predicted octanol–water partition coefficient (Wildman–Crippen LogP) is 11.8. The Balaban J connectivity index is 1.10. The maximum absolute atomic E-state index is 6.50. The summed E-state index contributed by atoms with van der Waals surface area (Å²) in [7, 11) is 0. The summed E-state index contributed by atoms with van der Waals surface area (Å²) in [5, 5.41) is 2.14. The fourth-order valence-corrected chi connectivity index (χ4v) is 6.60. The minimum atomic E-state index is 0.604. The van der Waals surface area contributed by atoms with Crippen molar-refractivity contribution in [1.29, 1.82) is 0 Å². The Morgan fingerprint density at radius 3 is 1.53 bits per heavy atom. The third kappa shape index (κ3) is 5.64. The van der Waals surface area contributed by atoms with Crippen LogP contribution in [0.1, 0.15) is 18.4 Å². The van der Waals surface area contributed by atoms with Crippen LogP contribution in [0.15, 0.2) is 168 Å². The van der Waals surface area contributed by atoms with Crippen molar-refractivity contribution in [3.8, 4) is 56.4 Å². The molecule has 0 spiro atoms. The van der Waals surface area contributed by atoms with Crippen LogP contribution in [0.2, 0.25) is 0 Å². The van der Waals surface area contributed by atoms with E-state index in [-0.39, 0.29) is 0 Å². The van der Waals surface area contributed by atoms with Crippen molar-refractivity contribution in [3.05, 3.63) is 169 Å². The zero-order valence-electron chi connectivity index (χ0n) is 26.8. The molecule has 4 heteroatoms. The second-order valence-electron chi connectivity index (χ2n) is 12.4. The number of fused-ring (bicyclic) bond motifs is 3. The molecule has 49 heavy (non-hydrogen) atoms. The first kappa shape index (κ1) is 28.8.